The van der Waals surface area contributed by atoms with Gasteiger partial charge in [0.05, 0.1) is 5.60 Å². The topological polar surface area (TPSA) is 9.23 Å². The summed E-state index contributed by atoms with van der Waals surface area (Å²) in [7, 11) is 1.52. The number of ether oxygens (including phenoxy) is 1. The molecule has 0 N–H and O–H groups in total. The summed E-state index contributed by atoms with van der Waals surface area (Å²) in [5.41, 5.74) is -0.668. The first-order chi connectivity index (χ1) is 9.25. The predicted molar refractivity (Wildman–Crippen MR) is 77.9 cm³/mol. The summed E-state index contributed by atoms with van der Waals surface area (Å²) in [6.07, 6.45) is 3.37. The van der Waals surface area contributed by atoms with Gasteiger partial charge in [0.1, 0.15) is 0 Å². The first-order valence-electron chi connectivity index (χ1n) is 7.87. The van der Waals surface area contributed by atoms with E-state index in [0.29, 0.717) is 0 Å². The Balaban J connectivity index is 4.02. The number of hydrogen-bond donors (Lipinski definition) is 0. The highest BCUT2D eigenvalue weighted by Gasteiger charge is 2.36. The molecular weight excluding hydrogens is 265 g/mol. The van der Waals surface area contributed by atoms with Gasteiger partial charge in [-0.2, -0.15) is 13.2 Å². The largest absolute Gasteiger partial charge is 0.389 e. The van der Waals surface area contributed by atoms with E-state index in [0.717, 1.165) is 12.8 Å². The highest BCUT2D eigenvalue weighted by Crippen LogP contribution is 2.34. The van der Waals surface area contributed by atoms with E-state index < -0.39 is 18.2 Å². The molecule has 0 saturated carbocycles. The molecule has 2 atom stereocenters. The lowest BCUT2D eigenvalue weighted by Gasteiger charge is -2.35. The van der Waals surface area contributed by atoms with Crippen molar-refractivity contribution in [3.05, 3.63) is 0 Å². The molecule has 2 unspecified atom stereocenters. The van der Waals surface area contributed by atoms with E-state index in [4.69, 9.17) is 4.74 Å². The van der Waals surface area contributed by atoms with Gasteiger partial charge in [0.2, 0.25) is 0 Å². The minimum atomic E-state index is -4.10. The van der Waals surface area contributed by atoms with E-state index in [1.54, 1.807) is 6.92 Å². The summed E-state index contributed by atoms with van der Waals surface area (Å²) in [4.78, 5) is 0. The summed E-state index contributed by atoms with van der Waals surface area (Å²) in [5, 5.41) is 0. The van der Waals surface area contributed by atoms with Crippen molar-refractivity contribution in [2.45, 2.75) is 90.3 Å². The Bertz CT molecular complexity index is 240. The molecule has 0 bridgehead atoms. The molecule has 4 heteroatoms. The third-order valence-corrected chi connectivity index (χ3v) is 4.40. The van der Waals surface area contributed by atoms with Crippen LogP contribution >= 0.6 is 0 Å². The molecule has 0 aromatic rings. The quantitative estimate of drug-likeness (QED) is 0.417. The second kappa shape index (κ2) is 9.64. The van der Waals surface area contributed by atoms with Gasteiger partial charge in [-0.25, -0.2) is 0 Å². The fourth-order valence-corrected chi connectivity index (χ4v) is 2.48. The van der Waals surface area contributed by atoms with Crippen LogP contribution in [0.3, 0.4) is 0 Å². The number of unbranched alkanes of at least 4 members (excludes halogenated alkanes) is 5. The van der Waals surface area contributed by atoms with Gasteiger partial charge >= 0.3 is 6.18 Å². The van der Waals surface area contributed by atoms with Gasteiger partial charge in [0.25, 0.3) is 0 Å². The van der Waals surface area contributed by atoms with E-state index in [1.807, 2.05) is 6.92 Å². The van der Waals surface area contributed by atoms with Crippen LogP contribution in [0.2, 0.25) is 0 Å². The molecule has 0 aliphatic carbocycles. The van der Waals surface area contributed by atoms with Gasteiger partial charge in [0, 0.05) is 13.5 Å². The average molecular weight is 296 g/mol. The molecule has 0 amide bonds. The lowest BCUT2D eigenvalue weighted by atomic mass is 9.82. The minimum absolute atomic E-state index is 0.0456. The molecule has 20 heavy (non-hydrogen) atoms. The zero-order valence-electron chi connectivity index (χ0n) is 13.5. The Morgan fingerprint density at radius 1 is 0.950 bits per heavy atom. The molecule has 0 radical (unpaired) electrons. The fourth-order valence-electron chi connectivity index (χ4n) is 2.48. The molecule has 0 aliphatic rings. The van der Waals surface area contributed by atoms with E-state index >= 15 is 0 Å². The first kappa shape index (κ1) is 19.8. The van der Waals surface area contributed by atoms with Crippen LogP contribution in [0.5, 0.6) is 0 Å². The van der Waals surface area contributed by atoms with Gasteiger partial charge in [0.15, 0.2) is 0 Å². The maximum atomic E-state index is 12.4. The lowest BCUT2D eigenvalue weighted by Crippen LogP contribution is -2.36. The van der Waals surface area contributed by atoms with Gasteiger partial charge in [-0.1, -0.05) is 52.4 Å². The van der Waals surface area contributed by atoms with Crippen molar-refractivity contribution in [1.82, 2.24) is 0 Å². The number of hydrogen-bond acceptors (Lipinski definition) is 1. The second-order valence-electron chi connectivity index (χ2n) is 6.09. The van der Waals surface area contributed by atoms with Crippen LogP contribution in [-0.2, 0) is 4.74 Å². The third kappa shape index (κ3) is 8.83. The van der Waals surface area contributed by atoms with Gasteiger partial charge in [-0.3, -0.25) is 0 Å². The maximum absolute atomic E-state index is 12.4. The fraction of sp³-hybridized carbons (Fsp3) is 1.00. The average Bonchev–Trinajstić information content (AvgIpc) is 2.39. The first-order valence-corrected chi connectivity index (χ1v) is 7.87. The summed E-state index contributed by atoms with van der Waals surface area (Å²) in [6.45, 7) is 6.00. The summed E-state index contributed by atoms with van der Waals surface area (Å²) < 4.78 is 42.5. The third-order valence-electron chi connectivity index (χ3n) is 4.40. The summed E-state index contributed by atoms with van der Waals surface area (Å²) >= 11 is 0. The predicted octanol–water partition coefficient (Wildman–Crippen LogP) is 6.12. The Morgan fingerprint density at radius 2 is 1.50 bits per heavy atom. The Hall–Kier alpha value is -0.250. The Morgan fingerprint density at radius 3 is 2.00 bits per heavy atom. The smallest absolute Gasteiger partial charge is 0.378 e. The zero-order chi connectivity index (χ0) is 15.6. The molecule has 0 spiro atoms. The van der Waals surface area contributed by atoms with Crippen molar-refractivity contribution in [2.75, 3.05) is 7.11 Å². The molecule has 0 aromatic heterocycles. The van der Waals surface area contributed by atoms with Crippen molar-refractivity contribution < 1.29 is 17.9 Å². The molecule has 0 fully saturated rings. The highest BCUT2D eigenvalue weighted by atomic mass is 19.4. The molecule has 0 aromatic carbocycles. The monoisotopic (exact) mass is 296 g/mol. The van der Waals surface area contributed by atoms with Crippen molar-refractivity contribution in [2.24, 2.45) is 5.92 Å². The minimum Gasteiger partial charge on any atom is -0.378 e. The van der Waals surface area contributed by atoms with Crippen LogP contribution in [0.15, 0.2) is 0 Å². The number of rotatable bonds is 11. The summed E-state index contributed by atoms with van der Waals surface area (Å²) in [5.74, 6) is 0.154. The Labute approximate surface area is 122 Å². The SMILES string of the molecule is CCCCCCCCC(C)C(C)(CCC(F)(F)F)OC. The van der Waals surface area contributed by atoms with Gasteiger partial charge in [-0.05, 0) is 25.7 Å². The van der Waals surface area contributed by atoms with E-state index in [1.165, 1.54) is 39.2 Å². The molecular formula is C16H31F3O. The maximum Gasteiger partial charge on any atom is 0.389 e. The van der Waals surface area contributed by atoms with Gasteiger partial charge < -0.3 is 4.74 Å². The van der Waals surface area contributed by atoms with Crippen LogP contribution in [0.25, 0.3) is 0 Å². The molecule has 1 nitrogen and oxygen atoms in total. The van der Waals surface area contributed by atoms with Crippen molar-refractivity contribution in [1.29, 1.82) is 0 Å². The zero-order valence-corrected chi connectivity index (χ0v) is 13.5. The van der Waals surface area contributed by atoms with E-state index in [9.17, 15) is 13.2 Å². The lowest BCUT2D eigenvalue weighted by molar-refractivity contribution is -0.153. The number of alkyl halides is 3. The second-order valence-corrected chi connectivity index (χ2v) is 6.09. The van der Waals surface area contributed by atoms with Crippen LogP contribution in [0.1, 0.15) is 78.6 Å². The molecule has 0 aliphatic heterocycles. The molecule has 0 saturated heterocycles. The van der Waals surface area contributed by atoms with Crippen molar-refractivity contribution in [3.63, 3.8) is 0 Å². The summed E-state index contributed by atoms with van der Waals surface area (Å²) in [6, 6.07) is 0. The standard InChI is InChI=1S/C16H31F3O/c1-5-6-7-8-9-10-11-14(2)15(3,20-4)12-13-16(17,18)19/h14H,5-13H2,1-4H3. The Kier molecular flexibility index (Phi) is 9.52. The van der Waals surface area contributed by atoms with Crippen molar-refractivity contribution in [3.8, 4) is 0 Å². The normalized spacial score (nSPS) is 16.9. The van der Waals surface area contributed by atoms with Crippen LogP contribution in [0, 0.1) is 5.92 Å². The van der Waals surface area contributed by atoms with Crippen molar-refractivity contribution >= 4 is 0 Å². The van der Waals surface area contributed by atoms with Crippen LogP contribution in [-0.4, -0.2) is 18.9 Å². The van der Waals surface area contributed by atoms with E-state index in [2.05, 4.69) is 6.92 Å². The van der Waals surface area contributed by atoms with Crippen LogP contribution in [0.4, 0.5) is 13.2 Å². The van der Waals surface area contributed by atoms with E-state index in [-0.39, 0.29) is 12.3 Å². The highest BCUT2D eigenvalue weighted by molar-refractivity contribution is 4.82. The molecule has 0 heterocycles. The number of halogens is 3. The molecule has 122 valence electrons. The molecule has 0 rings (SSSR count). The number of methoxy groups -OCH3 is 1. The van der Waals surface area contributed by atoms with Gasteiger partial charge in [-0.15, -0.1) is 0 Å². The van der Waals surface area contributed by atoms with Crippen LogP contribution < -0.4 is 0 Å².